The molecule has 6 heteroatoms. The molecule has 3 rings (SSSR count). The Morgan fingerprint density at radius 1 is 1.06 bits per heavy atom. The summed E-state index contributed by atoms with van der Waals surface area (Å²) >= 11 is 0. The van der Waals surface area contributed by atoms with Gasteiger partial charge in [-0.2, -0.15) is 0 Å². The monoisotopic (exact) mass is 230 g/mol. The zero-order valence-corrected chi connectivity index (χ0v) is 9.05. The Kier molecular flexibility index (Phi) is 1.72. The van der Waals surface area contributed by atoms with E-state index in [9.17, 15) is 9.59 Å². The van der Waals surface area contributed by atoms with Crippen LogP contribution in [0.1, 0.15) is 20.7 Å². The standard InChI is InChI=1S/C11H10N4O2/c1-13-7-3-5-9(15-7)8-4(2-6(12)14-8)10(16)11(5)17/h2-3,13-15H,12H2,1H3. The van der Waals surface area contributed by atoms with E-state index in [1.54, 1.807) is 13.1 Å². The number of fused-ring (bicyclic) bond motifs is 3. The summed E-state index contributed by atoms with van der Waals surface area (Å²) in [6.45, 7) is 0. The lowest BCUT2D eigenvalue weighted by Gasteiger charge is -2.09. The Morgan fingerprint density at radius 2 is 1.65 bits per heavy atom. The van der Waals surface area contributed by atoms with Gasteiger partial charge in [0.05, 0.1) is 22.5 Å². The minimum atomic E-state index is -0.526. The van der Waals surface area contributed by atoms with E-state index in [1.807, 2.05) is 0 Å². The van der Waals surface area contributed by atoms with Crippen LogP contribution < -0.4 is 11.1 Å². The lowest BCUT2D eigenvalue weighted by molar-refractivity contribution is 0.0815. The second-order valence-corrected chi connectivity index (χ2v) is 3.89. The van der Waals surface area contributed by atoms with Crippen LogP contribution in [0.2, 0.25) is 0 Å². The molecule has 5 N–H and O–H groups in total. The number of carbonyl (C=O) groups is 2. The van der Waals surface area contributed by atoms with E-state index in [0.717, 1.165) is 0 Å². The molecule has 2 heterocycles. The maximum Gasteiger partial charge on any atom is 0.235 e. The summed E-state index contributed by atoms with van der Waals surface area (Å²) in [6.07, 6.45) is 0. The van der Waals surface area contributed by atoms with Crippen molar-refractivity contribution in [1.82, 2.24) is 9.97 Å². The van der Waals surface area contributed by atoms with E-state index in [0.29, 0.717) is 34.2 Å². The van der Waals surface area contributed by atoms with Gasteiger partial charge in [0.15, 0.2) is 0 Å². The van der Waals surface area contributed by atoms with E-state index in [1.165, 1.54) is 6.07 Å². The van der Waals surface area contributed by atoms with Crippen molar-refractivity contribution >= 4 is 23.2 Å². The predicted octanol–water partition coefficient (Wildman–Crippen LogP) is 1.01. The fraction of sp³-hybridized carbons (Fsp3) is 0.0909. The van der Waals surface area contributed by atoms with Gasteiger partial charge in [0, 0.05) is 7.05 Å². The summed E-state index contributed by atoms with van der Waals surface area (Å²) < 4.78 is 0. The zero-order chi connectivity index (χ0) is 12.2. The Balaban J connectivity index is 2.33. The van der Waals surface area contributed by atoms with Crippen LogP contribution in [0, 0.1) is 0 Å². The van der Waals surface area contributed by atoms with Crippen LogP contribution in [0.3, 0.4) is 0 Å². The highest BCUT2D eigenvalue weighted by atomic mass is 16.2. The Morgan fingerprint density at radius 3 is 2.29 bits per heavy atom. The first kappa shape index (κ1) is 9.71. The number of H-pyrrole nitrogens is 2. The Labute approximate surface area is 96.2 Å². The predicted molar refractivity (Wildman–Crippen MR) is 63.2 cm³/mol. The van der Waals surface area contributed by atoms with Gasteiger partial charge < -0.3 is 21.0 Å². The average Bonchev–Trinajstić information content (AvgIpc) is 2.89. The van der Waals surface area contributed by atoms with Crippen molar-refractivity contribution in [2.75, 3.05) is 18.1 Å². The molecule has 6 nitrogen and oxygen atoms in total. The minimum absolute atomic E-state index is 0.324. The van der Waals surface area contributed by atoms with Gasteiger partial charge in [-0.25, -0.2) is 0 Å². The lowest BCUT2D eigenvalue weighted by Crippen LogP contribution is -2.19. The number of nitrogens with one attached hydrogen (secondary N) is 3. The Bertz CT molecular complexity index is 650. The fourth-order valence-corrected chi connectivity index (χ4v) is 2.06. The summed E-state index contributed by atoms with van der Waals surface area (Å²) in [5, 5.41) is 2.89. The van der Waals surface area contributed by atoms with E-state index < -0.39 is 11.6 Å². The molecule has 1 aliphatic rings. The first-order valence-electron chi connectivity index (χ1n) is 5.10. The molecule has 0 aromatic carbocycles. The van der Waals surface area contributed by atoms with Crippen LogP contribution in [0.5, 0.6) is 0 Å². The summed E-state index contributed by atoms with van der Waals surface area (Å²) in [7, 11) is 1.73. The van der Waals surface area contributed by atoms with Crippen LogP contribution >= 0.6 is 0 Å². The number of ketones is 2. The van der Waals surface area contributed by atoms with Crippen molar-refractivity contribution in [3.8, 4) is 11.4 Å². The Hall–Kier alpha value is -2.50. The average molecular weight is 230 g/mol. The molecule has 2 aromatic rings. The summed E-state index contributed by atoms with van der Waals surface area (Å²) in [4.78, 5) is 29.6. The molecule has 0 fully saturated rings. The number of aromatic amines is 2. The molecule has 0 saturated carbocycles. The number of Topliss-reactive ketones (excluding diaryl/α,β-unsaturated/α-hetero) is 2. The van der Waals surface area contributed by atoms with E-state index in [4.69, 9.17) is 5.73 Å². The van der Waals surface area contributed by atoms with Gasteiger partial charge in [0.2, 0.25) is 11.6 Å². The number of rotatable bonds is 1. The number of anilines is 2. The van der Waals surface area contributed by atoms with Gasteiger partial charge in [-0.15, -0.1) is 0 Å². The third kappa shape index (κ3) is 1.14. The third-order valence-electron chi connectivity index (χ3n) is 2.87. The molecule has 0 spiro atoms. The number of hydrogen-bond acceptors (Lipinski definition) is 4. The molecular formula is C11H10N4O2. The third-order valence-corrected chi connectivity index (χ3v) is 2.87. The van der Waals surface area contributed by atoms with Gasteiger partial charge in [0.1, 0.15) is 11.6 Å². The van der Waals surface area contributed by atoms with Crippen molar-refractivity contribution in [3.63, 3.8) is 0 Å². The van der Waals surface area contributed by atoms with Crippen molar-refractivity contribution < 1.29 is 9.59 Å². The highest BCUT2D eigenvalue weighted by Crippen LogP contribution is 2.34. The maximum absolute atomic E-state index is 11.9. The molecule has 0 atom stereocenters. The highest BCUT2D eigenvalue weighted by Gasteiger charge is 2.33. The highest BCUT2D eigenvalue weighted by molar-refractivity contribution is 6.53. The van der Waals surface area contributed by atoms with Gasteiger partial charge in [-0.05, 0) is 12.1 Å². The van der Waals surface area contributed by atoms with E-state index in [-0.39, 0.29) is 0 Å². The molecule has 86 valence electrons. The molecule has 2 aromatic heterocycles. The zero-order valence-electron chi connectivity index (χ0n) is 9.05. The van der Waals surface area contributed by atoms with Gasteiger partial charge in [-0.1, -0.05) is 0 Å². The largest absolute Gasteiger partial charge is 0.385 e. The summed E-state index contributed by atoms with van der Waals surface area (Å²) in [6, 6.07) is 3.11. The van der Waals surface area contributed by atoms with Crippen LogP contribution in [0.4, 0.5) is 11.6 Å². The van der Waals surface area contributed by atoms with Crippen molar-refractivity contribution in [2.45, 2.75) is 0 Å². The fourth-order valence-electron chi connectivity index (χ4n) is 2.06. The second-order valence-electron chi connectivity index (χ2n) is 3.89. The maximum atomic E-state index is 11.9. The number of aromatic nitrogens is 2. The molecule has 1 aliphatic carbocycles. The molecule has 0 radical (unpaired) electrons. The van der Waals surface area contributed by atoms with Crippen LogP contribution in [-0.4, -0.2) is 28.6 Å². The van der Waals surface area contributed by atoms with Gasteiger partial charge in [0.25, 0.3) is 0 Å². The molecule has 0 aliphatic heterocycles. The lowest BCUT2D eigenvalue weighted by atomic mass is 9.93. The van der Waals surface area contributed by atoms with Gasteiger partial charge >= 0.3 is 0 Å². The molecule has 0 bridgehead atoms. The van der Waals surface area contributed by atoms with Crippen molar-refractivity contribution in [1.29, 1.82) is 0 Å². The molecule has 0 saturated heterocycles. The number of hydrogen-bond donors (Lipinski definition) is 4. The SMILES string of the molecule is CNc1cc2c([nH]1)-c1[nH]c(N)cc1C(=O)C2=O. The minimum Gasteiger partial charge on any atom is -0.385 e. The summed E-state index contributed by atoms with van der Waals surface area (Å²) in [5.41, 5.74) is 7.48. The number of carbonyl (C=O) groups excluding carboxylic acids is 2. The number of nitrogens with two attached hydrogens (primary N) is 1. The van der Waals surface area contributed by atoms with Crippen LogP contribution in [-0.2, 0) is 0 Å². The molecule has 0 unspecified atom stereocenters. The number of nitrogen functional groups attached to an aromatic ring is 1. The molecule has 17 heavy (non-hydrogen) atoms. The van der Waals surface area contributed by atoms with Crippen LogP contribution in [0.15, 0.2) is 12.1 Å². The summed E-state index contributed by atoms with van der Waals surface area (Å²) in [5.74, 6) is 0.00753. The van der Waals surface area contributed by atoms with E-state index in [2.05, 4.69) is 15.3 Å². The first-order valence-corrected chi connectivity index (χ1v) is 5.10. The van der Waals surface area contributed by atoms with Crippen molar-refractivity contribution in [2.24, 2.45) is 0 Å². The normalized spacial score (nSPS) is 13.5. The van der Waals surface area contributed by atoms with E-state index >= 15 is 0 Å². The molecule has 0 amide bonds. The quantitative estimate of drug-likeness (QED) is 0.549. The second kappa shape index (κ2) is 3.00. The van der Waals surface area contributed by atoms with Crippen molar-refractivity contribution in [3.05, 3.63) is 23.3 Å². The first-order chi connectivity index (χ1) is 8.11. The smallest absolute Gasteiger partial charge is 0.235 e. The van der Waals surface area contributed by atoms with Crippen LogP contribution in [0.25, 0.3) is 11.4 Å². The molecular weight excluding hydrogens is 220 g/mol. The van der Waals surface area contributed by atoms with Gasteiger partial charge in [-0.3, -0.25) is 9.59 Å². The topological polar surface area (TPSA) is 104 Å².